The van der Waals surface area contributed by atoms with Crippen LogP contribution < -0.4 is 0 Å². The van der Waals surface area contributed by atoms with Crippen molar-refractivity contribution in [3.8, 4) is 0 Å². The zero-order valence-electron chi connectivity index (χ0n) is 10.3. The van der Waals surface area contributed by atoms with Gasteiger partial charge >= 0.3 is 0 Å². The van der Waals surface area contributed by atoms with Gasteiger partial charge in [0.15, 0.2) is 5.82 Å². The van der Waals surface area contributed by atoms with Gasteiger partial charge in [-0.25, -0.2) is 0 Å². The number of amides is 1. The molecule has 0 unspecified atom stereocenters. The van der Waals surface area contributed by atoms with Crippen LogP contribution >= 0.6 is 0 Å². The van der Waals surface area contributed by atoms with Gasteiger partial charge in [-0.05, 0) is 25.7 Å². The fourth-order valence-electron chi connectivity index (χ4n) is 2.65. The molecule has 0 N–H and O–H groups in total. The van der Waals surface area contributed by atoms with Gasteiger partial charge in [0, 0.05) is 24.9 Å². The number of rotatable bonds is 3. The number of carbonyl (C=O) groups excluding carboxylic acids is 1. The summed E-state index contributed by atoms with van der Waals surface area (Å²) in [6.07, 6.45) is 5.74. The van der Waals surface area contributed by atoms with Gasteiger partial charge in [0.1, 0.15) is 0 Å². The predicted octanol–water partition coefficient (Wildman–Crippen LogP) is 1.67. The highest BCUT2D eigenvalue weighted by Crippen LogP contribution is 2.39. The minimum Gasteiger partial charge on any atom is -0.341 e. The number of likely N-dealkylation sites (tertiary alicyclic amines) is 1. The largest absolute Gasteiger partial charge is 0.341 e. The van der Waals surface area contributed by atoms with E-state index in [9.17, 15) is 4.79 Å². The van der Waals surface area contributed by atoms with Crippen molar-refractivity contribution >= 4 is 5.91 Å². The van der Waals surface area contributed by atoms with Crippen LogP contribution in [0.3, 0.4) is 0 Å². The second kappa shape index (κ2) is 3.80. The van der Waals surface area contributed by atoms with E-state index in [-0.39, 0.29) is 5.92 Å². The summed E-state index contributed by atoms with van der Waals surface area (Å²) >= 11 is 0. The van der Waals surface area contributed by atoms with Crippen molar-refractivity contribution in [1.29, 1.82) is 0 Å². The Morgan fingerprint density at radius 3 is 2.56 bits per heavy atom. The topological polar surface area (TPSA) is 59.2 Å². The first-order valence-electron chi connectivity index (χ1n) is 6.93. The summed E-state index contributed by atoms with van der Waals surface area (Å²) in [5.74, 6) is 3.04. The summed E-state index contributed by atoms with van der Waals surface area (Å²) in [5.41, 5.74) is 0. The molecular weight excluding hydrogens is 230 g/mol. The first-order valence-corrected chi connectivity index (χ1v) is 6.93. The Balaban J connectivity index is 1.35. The number of hydrogen-bond acceptors (Lipinski definition) is 4. The third-order valence-corrected chi connectivity index (χ3v) is 4.40. The maximum Gasteiger partial charge on any atom is 0.233 e. The van der Waals surface area contributed by atoms with Crippen LogP contribution in [0.4, 0.5) is 0 Å². The highest BCUT2D eigenvalue weighted by Gasteiger charge is 2.40. The Kier molecular flexibility index (Phi) is 2.22. The van der Waals surface area contributed by atoms with E-state index in [1.807, 2.05) is 4.90 Å². The Labute approximate surface area is 106 Å². The fourth-order valence-corrected chi connectivity index (χ4v) is 2.65. The lowest BCUT2D eigenvalue weighted by atomic mass is 9.83. The first kappa shape index (κ1) is 10.5. The third kappa shape index (κ3) is 1.64. The number of nitrogens with zero attached hydrogens (tertiary/aromatic N) is 3. The molecule has 3 fully saturated rings. The molecular formula is C13H17N3O2. The number of carbonyl (C=O) groups is 1. The SMILES string of the molecule is O=C(C1CCC1)N1CC(c2nc(C3CC3)no2)C1. The molecule has 2 saturated carbocycles. The summed E-state index contributed by atoms with van der Waals surface area (Å²) in [6.45, 7) is 1.53. The summed E-state index contributed by atoms with van der Waals surface area (Å²) in [4.78, 5) is 18.4. The summed E-state index contributed by atoms with van der Waals surface area (Å²) in [7, 11) is 0. The van der Waals surface area contributed by atoms with Crippen LogP contribution in [0.5, 0.6) is 0 Å². The van der Waals surface area contributed by atoms with Crippen LogP contribution in [0.2, 0.25) is 0 Å². The van der Waals surface area contributed by atoms with Crippen molar-refractivity contribution in [3.63, 3.8) is 0 Å². The Morgan fingerprint density at radius 1 is 1.17 bits per heavy atom. The molecule has 0 spiro atoms. The lowest BCUT2D eigenvalue weighted by molar-refractivity contribution is -0.143. The summed E-state index contributed by atoms with van der Waals surface area (Å²) in [6, 6.07) is 0. The van der Waals surface area contributed by atoms with Gasteiger partial charge in [-0.15, -0.1) is 0 Å². The second-order valence-corrected chi connectivity index (χ2v) is 5.83. The van der Waals surface area contributed by atoms with Gasteiger partial charge in [0.25, 0.3) is 0 Å². The van der Waals surface area contributed by atoms with Crippen LogP contribution in [-0.4, -0.2) is 34.0 Å². The van der Waals surface area contributed by atoms with E-state index in [1.165, 1.54) is 19.3 Å². The highest BCUT2D eigenvalue weighted by molar-refractivity contribution is 5.80. The molecule has 5 nitrogen and oxygen atoms in total. The summed E-state index contributed by atoms with van der Waals surface area (Å²) in [5, 5.41) is 4.02. The van der Waals surface area contributed by atoms with Gasteiger partial charge in [-0.2, -0.15) is 4.98 Å². The van der Waals surface area contributed by atoms with Gasteiger partial charge < -0.3 is 9.42 Å². The van der Waals surface area contributed by atoms with E-state index >= 15 is 0 Å². The molecule has 2 heterocycles. The molecule has 0 atom stereocenters. The quantitative estimate of drug-likeness (QED) is 0.815. The van der Waals surface area contributed by atoms with Crippen molar-refractivity contribution in [2.24, 2.45) is 5.92 Å². The van der Waals surface area contributed by atoms with Gasteiger partial charge in [0.2, 0.25) is 11.8 Å². The second-order valence-electron chi connectivity index (χ2n) is 5.83. The standard InChI is InChI=1S/C13H17N3O2/c17-13(9-2-1-3-9)16-6-10(7-16)12-14-11(15-18-12)8-4-5-8/h8-10H,1-7H2. The van der Waals surface area contributed by atoms with Crippen molar-refractivity contribution in [3.05, 3.63) is 11.7 Å². The van der Waals surface area contributed by atoms with Crippen LogP contribution in [0.25, 0.3) is 0 Å². The van der Waals surface area contributed by atoms with Crippen LogP contribution in [0.15, 0.2) is 4.52 Å². The monoisotopic (exact) mass is 247 g/mol. The van der Waals surface area contributed by atoms with E-state index in [4.69, 9.17) is 4.52 Å². The molecule has 1 aliphatic heterocycles. The van der Waals surface area contributed by atoms with Gasteiger partial charge in [-0.3, -0.25) is 4.79 Å². The molecule has 1 amide bonds. The average Bonchev–Trinajstić information content (AvgIpc) is 2.95. The molecule has 1 saturated heterocycles. The number of aromatic nitrogens is 2. The zero-order chi connectivity index (χ0) is 12.1. The number of hydrogen-bond donors (Lipinski definition) is 0. The molecule has 18 heavy (non-hydrogen) atoms. The Hall–Kier alpha value is -1.39. The molecule has 2 aliphatic carbocycles. The van der Waals surface area contributed by atoms with E-state index in [0.29, 0.717) is 17.7 Å². The molecule has 0 radical (unpaired) electrons. The molecule has 96 valence electrons. The maximum absolute atomic E-state index is 12.0. The maximum atomic E-state index is 12.0. The zero-order valence-corrected chi connectivity index (χ0v) is 10.3. The molecule has 4 rings (SSSR count). The van der Waals surface area contributed by atoms with Crippen LogP contribution in [0.1, 0.15) is 55.7 Å². The predicted molar refractivity (Wildman–Crippen MR) is 62.9 cm³/mol. The molecule has 5 heteroatoms. The van der Waals surface area contributed by atoms with Crippen molar-refractivity contribution in [2.45, 2.75) is 43.9 Å². The van der Waals surface area contributed by atoms with E-state index in [2.05, 4.69) is 10.1 Å². The van der Waals surface area contributed by atoms with Gasteiger partial charge in [-0.1, -0.05) is 11.6 Å². The molecule has 1 aromatic heterocycles. The lowest BCUT2D eigenvalue weighted by Crippen LogP contribution is -2.51. The Bertz CT molecular complexity index is 470. The van der Waals surface area contributed by atoms with Crippen LogP contribution in [0, 0.1) is 5.92 Å². The minimum absolute atomic E-state index is 0.272. The molecule has 0 bridgehead atoms. The van der Waals surface area contributed by atoms with Crippen molar-refractivity contribution in [2.75, 3.05) is 13.1 Å². The lowest BCUT2D eigenvalue weighted by Gasteiger charge is -2.41. The molecule has 1 aromatic rings. The van der Waals surface area contributed by atoms with E-state index < -0.39 is 0 Å². The van der Waals surface area contributed by atoms with Crippen molar-refractivity contribution < 1.29 is 9.32 Å². The minimum atomic E-state index is 0.272. The Morgan fingerprint density at radius 2 is 1.94 bits per heavy atom. The van der Waals surface area contributed by atoms with Crippen LogP contribution in [-0.2, 0) is 4.79 Å². The molecule has 0 aromatic carbocycles. The highest BCUT2D eigenvalue weighted by atomic mass is 16.5. The third-order valence-electron chi connectivity index (χ3n) is 4.40. The van der Waals surface area contributed by atoms with Crippen molar-refractivity contribution in [1.82, 2.24) is 15.0 Å². The smallest absolute Gasteiger partial charge is 0.233 e. The average molecular weight is 247 g/mol. The van der Waals surface area contributed by atoms with E-state index in [1.54, 1.807) is 0 Å². The summed E-state index contributed by atoms with van der Waals surface area (Å²) < 4.78 is 5.30. The normalized spacial score (nSPS) is 24.8. The fraction of sp³-hybridized carbons (Fsp3) is 0.769. The molecule has 3 aliphatic rings. The van der Waals surface area contributed by atoms with E-state index in [0.717, 1.165) is 37.6 Å². The first-order chi connectivity index (χ1) is 8.81. The van der Waals surface area contributed by atoms with Gasteiger partial charge in [0.05, 0.1) is 5.92 Å².